The Morgan fingerprint density at radius 3 is 2.03 bits per heavy atom. The molecular formula is C26H22F6N4O3. The number of aliphatic carboxylic acids is 1. The van der Waals surface area contributed by atoms with Crippen molar-refractivity contribution in [2.75, 3.05) is 5.32 Å². The number of carbonyl (C=O) groups excluding carboxylic acids is 1. The van der Waals surface area contributed by atoms with Gasteiger partial charge in [0, 0.05) is 11.1 Å². The first-order valence-electron chi connectivity index (χ1n) is 11.2. The molecule has 0 aliphatic rings. The highest BCUT2D eigenvalue weighted by molar-refractivity contribution is 6.03. The highest BCUT2D eigenvalue weighted by atomic mass is 19.4. The van der Waals surface area contributed by atoms with E-state index in [0.29, 0.717) is 28.3 Å². The van der Waals surface area contributed by atoms with Crippen LogP contribution in [0.25, 0.3) is 16.9 Å². The maximum absolute atomic E-state index is 13.0. The number of hydrogen-bond donors (Lipinski definition) is 2. The number of alkyl halides is 6. The number of halogens is 6. The van der Waals surface area contributed by atoms with Crippen molar-refractivity contribution in [2.45, 2.75) is 38.5 Å². The van der Waals surface area contributed by atoms with Gasteiger partial charge in [0.1, 0.15) is 0 Å². The number of hydrogen-bond acceptors (Lipinski definition) is 4. The minimum Gasteiger partial charge on any atom is -0.475 e. The van der Waals surface area contributed by atoms with Crippen LogP contribution < -0.4 is 5.32 Å². The molecule has 39 heavy (non-hydrogen) atoms. The van der Waals surface area contributed by atoms with Crippen LogP contribution in [0.5, 0.6) is 0 Å². The molecule has 4 rings (SSSR count). The number of imidazole rings is 1. The fourth-order valence-electron chi connectivity index (χ4n) is 3.26. The molecule has 0 atom stereocenters. The first-order chi connectivity index (χ1) is 17.9. The molecule has 13 heteroatoms. The Labute approximate surface area is 218 Å². The normalized spacial score (nSPS) is 12.0. The monoisotopic (exact) mass is 552 g/mol. The Kier molecular flexibility index (Phi) is 8.03. The molecular weight excluding hydrogens is 530 g/mol. The summed E-state index contributed by atoms with van der Waals surface area (Å²) in [5.41, 5.74) is 2.00. The van der Waals surface area contributed by atoms with Crippen molar-refractivity contribution in [3.63, 3.8) is 0 Å². The Balaban J connectivity index is 0.000000532. The third-order valence-corrected chi connectivity index (χ3v) is 5.30. The van der Waals surface area contributed by atoms with Gasteiger partial charge in [-0.15, -0.1) is 0 Å². The Bertz CT molecular complexity index is 1490. The summed E-state index contributed by atoms with van der Waals surface area (Å²) in [5.74, 6) is -2.77. The fourth-order valence-corrected chi connectivity index (χ4v) is 3.26. The lowest BCUT2D eigenvalue weighted by molar-refractivity contribution is -0.192. The first kappa shape index (κ1) is 29.1. The van der Waals surface area contributed by atoms with E-state index in [1.54, 1.807) is 30.3 Å². The second kappa shape index (κ2) is 10.8. The lowest BCUT2D eigenvalue weighted by atomic mass is 9.87. The van der Waals surface area contributed by atoms with E-state index in [4.69, 9.17) is 9.90 Å². The molecule has 2 heterocycles. The number of carboxylic acid groups (broad SMARTS) is 1. The van der Waals surface area contributed by atoms with Gasteiger partial charge in [0.2, 0.25) is 0 Å². The number of nitrogens with zero attached hydrogens (tertiary/aromatic N) is 3. The zero-order valence-electron chi connectivity index (χ0n) is 20.7. The summed E-state index contributed by atoms with van der Waals surface area (Å²) < 4.78 is 72.2. The molecule has 0 saturated carbocycles. The topological polar surface area (TPSA) is 96.6 Å². The van der Waals surface area contributed by atoms with E-state index in [1.807, 2.05) is 12.1 Å². The van der Waals surface area contributed by atoms with Crippen molar-refractivity contribution < 1.29 is 41.0 Å². The average Bonchev–Trinajstić information content (AvgIpc) is 3.24. The number of nitrogens with one attached hydrogen (secondary N) is 1. The van der Waals surface area contributed by atoms with Gasteiger partial charge in [-0.1, -0.05) is 45.0 Å². The van der Waals surface area contributed by atoms with Crippen LogP contribution in [0, 0.1) is 0 Å². The highest BCUT2D eigenvalue weighted by Gasteiger charge is 2.38. The average molecular weight is 552 g/mol. The van der Waals surface area contributed by atoms with Gasteiger partial charge in [-0.25, -0.2) is 14.3 Å². The van der Waals surface area contributed by atoms with Crippen molar-refractivity contribution >= 4 is 23.3 Å². The van der Waals surface area contributed by atoms with E-state index in [-0.39, 0.29) is 11.3 Å². The predicted octanol–water partition coefficient (Wildman–Crippen LogP) is 6.60. The molecule has 0 saturated heterocycles. The van der Waals surface area contributed by atoms with E-state index in [9.17, 15) is 31.1 Å². The lowest BCUT2D eigenvalue weighted by Crippen LogP contribution is -2.21. The van der Waals surface area contributed by atoms with E-state index in [2.05, 4.69) is 36.2 Å². The third kappa shape index (κ3) is 7.55. The molecule has 4 aromatic rings. The molecule has 0 aliphatic carbocycles. The van der Waals surface area contributed by atoms with Crippen LogP contribution in [0.15, 0.2) is 66.9 Å². The van der Waals surface area contributed by atoms with Crippen LogP contribution in [-0.4, -0.2) is 37.8 Å². The summed E-state index contributed by atoms with van der Waals surface area (Å²) >= 11 is 0. The van der Waals surface area contributed by atoms with Crippen LogP contribution in [0.1, 0.15) is 42.3 Å². The standard InChI is InChI=1S/C24H21F3N4O.C2HF3O2/c1-23(2,3)17-9-7-15(8-10-17)22(32)29-20-14-31-21(28-20)12-11-19(30-31)16-5-4-6-18(13-16)24(25,26)27;3-2(4,5)1(6)7/h4-14H,1-3H3,(H,29,32);(H,6,7). The van der Waals surface area contributed by atoms with E-state index in [1.165, 1.54) is 16.8 Å². The molecule has 0 unspecified atom stereocenters. The van der Waals surface area contributed by atoms with Crippen LogP contribution in [0.2, 0.25) is 0 Å². The number of amides is 1. The summed E-state index contributed by atoms with van der Waals surface area (Å²) in [6.45, 7) is 6.29. The van der Waals surface area contributed by atoms with Gasteiger partial charge < -0.3 is 10.4 Å². The highest BCUT2D eigenvalue weighted by Crippen LogP contribution is 2.31. The second-order valence-corrected chi connectivity index (χ2v) is 9.31. The third-order valence-electron chi connectivity index (χ3n) is 5.30. The molecule has 7 nitrogen and oxygen atoms in total. The van der Waals surface area contributed by atoms with Crippen molar-refractivity contribution in [3.05, 3.63) is 83.6 Å². The van der Waals surface area contributed by atoms with Crippen molar-refractivity contribution in [3.8, 4) is 11.3 Å². The van der Waals surface area contributed by atoms with Crippen LogP contribution in [0.4, 0.5) is 32.2 Å². The van der Waals surface area contributed by atoms with Crippen LogP contribution >= 0.6 is 0 Å². The second-order valence-electron chi connectivity index (χ2n) is 9.31. The molecule has 2 N–H and O–H groups in total. The van der Waals surface area contributed by atoms with Crippen molar-refractivity contribution in [2.24, 2.45) is 0 Å². The number of carboxylic acids is 1. The summed E-state index contributed by atoms with van der Waals surface area (Å²) in [6.07, 6.45) is -7.99. The number of rotatable bonds is 3. The summed E-state index contributed by atoms with van der Waals surface area (Å²) in [4.78, 5) is 25.8. The van der Waals surface area contributed by atoms with Gasteiger partial charge in [0.05, 0.1) is 17.5 Å². The van der Waals surface area contributed by atoms with Gasteiger partial charge in [-0.05, 0) is 47.4 Å². The smallest absolute Gasteiger partial charge is 0.475 e. The molecule has 206 valence electrons. The minimum absolute atomic E-state index is 0.0143. The van der Waals surface area contributed by atoms with Gasteiger partial charge in [0.15, 0.2) is 11.5 Å². The maximum atomic E-state index is 13.0. The van der Waals surface area contributed by atoms with Crippen molar-refractivity contribution in [1.82, 2.24) is 14.6 Å². The molecule has 0 fully saturated rings. The zero-order chi connectivity index (χ0) is 29.2. The fraction of sp³-hybridized carbons (Fsp3) is 0.231. The number of carbonyl (C=O) groups is 2. The molecule has 0 aliphatic heterocycles. The number of aromatic nitrogens is 3. The largest absolute Gasteiger partial charge is 0.490 e. The zero-order valence-corrected chi connectivity index (χ0v) is 20.7. The minimum atomic E-state index is -5.08. The van der Waals surface area contributed by atoms with E-state index in [0.717, 1.165) is 17.7 Å². The molecule has 2 aromatic heterocycles. The molecule has 2 aromatic carbocycles. The van der Waals surface area contributed by atoms with Crippen molar-refractivity contribution in [1.29, 1.82) is 0 Å². The Hall–Kier alpha value is -4.42. The Morgan fingerprint density at radius 1 is 0.872 bits per heavy atom. The van der Waals surface area contributed by atoms with Gasteiger partial charge >= 0.3 is 18.3 Å². The van der Waals surface area contributed by atoms with Crippen LogP contribution in [-0.2, 0) is 16.4 Å². The molecule has 0 bridgehead atoms. The predicted molar refractivity (Wildman–Crippen MR) is 130 cm³/mol. The number of anilines is 1. The van der Waals surface area contributed by atoms with Gasteiger partial charge in [-0.3, -0.25) is 4.79 Å². The number of benzene rings is 2. The summed E-state index contributed by atoms with van der Waals surface area (Å²) in [7, 11) is 0. The van der Waals surface area contributed by atoms with Gasteiger partial charge in [-0.2, -0.15) is 31.4 Å². The SMILES string of the molecule is CC(C)(C)c1ccc(C(=O)Nc2cn3nc(-c4cccc(C(F)(F)F)c4)ccc3n2)cc1.O=C(O)C(F)(F)F. The van der Waals surface area contributed by atoms with E-state index < -0.39 is 23.9 Å². The quantitative estimate of drug-likeness (QED) is 0.279. The van der Waals surface area contributed by atoms with Crippen LogP contribution in [0.3, 0.4) is 0 Å². The van der Waals surface area contributed by atoms with E-state index >= 15 is 0 Å². The lowest BCUT2D eigenvalue weighted by Gasteiger charge is -2.18. The van der Waals surface area contributed by atoms with Gasteiger partial charge in [0.25, 0.3) is 5.91 Å². The Morgan fingerprint density at radius 2 is 1.49 bits per heavy atom. The maximum Gasteiger partial charge on any atom is 0.490 e. The number of fused-ring (bicyclic) bond motifs is 1. The summed E-state index contributed by atoms with van der Waals surface area (Å²) in [5, 5.41) is 14.2. The summed E-state index contributed by atoms with van der Waals surface area (Å²) in [6, 6.07) is 15.5. The molecule has 1 amide bonds. The first-order valence-corrected chi connectivity index (χ1v) is 11.2. The molecule has 0 radical (unpaired) electrons. The molecule has 0 spiro atoms.